The van der Waals surface area contributed by atoms with Crippen molar-refractivity contribution in [2.75, 3.05) is 6.54 Å². The second kappa shape index (κ2) is 8.28. The SMILES string of the molecule is CCNCc1ccc(COC2CCCCCC2)nc1. The molecule has 0 aromatic carbocycles. The number of hydrogen-bond acceptors (Lipinski definition) is 3. The summed E-state index contributed by atoms with van der Waals surface area (Å²) < 4.78 is 5.99. The van der Waals surface area contributed by atoms with Gasteiger partial charge in [0.2, 0.25) is 0 Å². The summed E-state index contributed by atoms with van der Waals surface area (Å²) in [5.41, 5.74) is 2.28. The Hall–Kier alpha value is -0.930. The van der Waals surface area contributed by atoms with Crippen molar-refractivity contribution in [1.82, 2.24) is 10.3 Å². The molecule has 3 nitrogen and oxygen atoms in total. The Morgan fingerprint density at radius 1 is 1.21 bits per heavy atom. The number of nitrogens with one attached hydrogen (secondary N) is 1. The van der Waals surface area contributed by atoms with E-state index in [9.17, 15) is 0 Å². The molecule has 0 saturated heterocycles. The highest BCUT2D eigenvalue weighted by atomic mass is 16.5. The molecular formula is C16H26N2O. The van der Waals surface area contributed by atoms with Crippen molar-refractivity contribution >= 4 is 0 Å². The van der Waals surface area contributed by atoms with Gasteiger partial charge in [0.15, 0.2) is 0 Å². The fourth-order valence-corrected chi connectivity index (χ4v) is 2.53. The van der Waals surface area contributed by atoms with Gasteiger partial charge in [-0.05, 0) is 31.0 Å². The van der Waals surface area contributed by atoms with Gasteiger partial charge in [0.05, 0.1) is 18.4 Å². The van der Waals surface area contributed by atoms with E-state index in [1.165, 1.54) is 44.1 Å². The lowest BCUT2D eigenvalue weighted by atomic mass is 10.1. The number of pyridine rings is 1. The summed E-state index contributed by atoms with van der Waals surface area (Å²) in [6.07, 6.45) is 10.2. The summed E-state index contributed by atoms with van der Waals surface area (Å²) in [6.45, 7) is 4.66. The molecule has 1 saturated carbocycles. The third-order valence-corrected chi connectivity index (χ3v) is 3.73. The first-order valence-corrected chi connectivity index (χ1v) is 7.64. The number of nitrogens with zero attached hydrogens (tertiary/aromatic N) is 1. The molecule has 106 valence electrons. The zero-order valence-electron chi connectivity index (χ0n) is 12.0. The van der Waals surface area contributed by atoms with Crippen LogP contribution in [0, 0.1) is 0 Å². The Morgan fingerprint density at radius 3 is 2.63 bits per heavy atom. The summed E-state index contributed by atoms with van der Waals surface area (Å²) in [5, 5.41) is 3.30. The molecular weight excluding hydrogens is 236 g/mol. The Bertz CT molecular complexity index is 342. The van der Waals surface area contributed by atoms with Crippen molar-refractivity contribution in [3.05, 3.63) is 29.6 Å². The third-order valence-electron chi connectivity index (χ3n) is 3.73. The Kier molecular flexibility index (Phi) is 6.31. The van der Waals surface area contributed by atoms with Gasteiger partial charge in [-0.25, -0.2) is 0 Å². The van der Waals surface area contributed by atoms with Crippen LogP contribution in [-0.4, -0.2) is 17.6 Å². The molecule has 1 aliphatic carbocycles. The maximum Gasteiger partial charge on any atom is 0.0891 e. The van der Waals surface area contributed by atoms with Crippen LogP contribution in [0.3, 0.4) is 0 Å². The molecule has 0 atom stereocenters. The lowest BCUT2D eigenvalue weighted by Gasteiger charge is -2.15. The van der Waals surface area contributed by atoms with Gasteiger partial charge in [-0.2, -0.15) is 0 Å². The van der Waals surface area contributed by atoms with Crippen LogP contribution < -0.4 is 5.32 Å². The Labute approximate surface area is 116 Å². The highest BCUT2D eigenvalue weighted by molar-refractivity contribution is 5.13. The monoisotopic (exact) mass is 262 g/mol. The molecule has 2 rings (SSSR count). The molecule has 1 N–H and O–H groups in total. The van der Waals surface area contributed by atoms with Crippen LogP contribution in [-0.2, 0) is 17.9 Å². The van der Waals surface area contributed by atoms with Crippen LogP contribution in [0.5, 0.6) is 0 Å². The van der Waals surface area contributed by atoms with Gasteiger partial charge < -0.3 is 10.1 Å². The molecule has 0 radical (unpaired) electrons. The minimum absolute atomic E-state index is 0.450. The van der Waals surface area contributed by atoms with E-state index in [0.717, 1.165) is 18.8 Å². The normalized spacial score (nSPS) is 17.3. The standard InChI is InChI=1S/C16H26N2O/c1-2-17-11-14-9-10-15(18-12-14)13-19-16-7-5-3-4-6-8-16/h9-10,12,16-17H,2-8,11,13H2,1H3. The van der Waals surface area contributed by atoms with Gasteiger partial charge in [-0.1, -0.05) is 38.7 Å². The number of ether oxygens (including phenoxy) is 1. The number of hydrogen-bond donors (Lipinski definition) is 1. The number of aromatic nitrogens is 1. The highest BCUT2D eigenvalue weighted by Crippen LogP contribution is 2.20. The summed E-state index contributed by atoms with van der Waals surface area (Å²) in [7, 11) is 0. The lowest BCUT2D eigenvalue weighted by Crippen LogP contribution is -2.13. The van der Waals surface area contributed by atoms with Gasteiger partial charge in [0.1, 0.15) is 0 Å². The van der Waals surface area contributed by atoms with Crippen molar-refractivity contribution in [2.24, 2.45) is 0 Å². The molecule has 0 spiro atoms. The average molecular weight is 262 g/mol. The van der Waals surface area contributed by atoms with Crippen molar-refractivity contribution in [2.45, 2.75) is 64.7 Å². The number of rotatable bonds is 6. The van der Waals surface area contributed by atoms with E-state index in [1.807, 2.05) is 6.20 Å². The summed E-state index contributed by atoms with van der Waals surface area (Å²) >= 11 is 0. The maximum atomic E-state index is 5.99. The molecule has 0 unspecified atom stereocenters. The van der Waals surface area contributed by atoms with E-state index in [0.29, 0.717) is 12.7 Å². The van der Waals surface area contributed by atoms with Gasteiger partial charge in [-0.15, -0.1) is 0 Å². The van der Waals surface area contributed by atoms with Crippen LogP contribution in [0.25, 0.3) is 0 Å². The van der Waals surface area contributed by atoms with Crippen molar-refractivity contribution < 1.29 is 4.74 Å². The molecule has 0 aliphatic heterocycles. The summed E-state index contributed by atoms with van der Waals surface area (Å²) in [5.74, 6) is 0. The van der Waals surface area contributed by atoms with Crippen LogP contribution >= 0.6 is 0 Å². The van der Waals surface area contributed by atoms with Crippen LogP contribution in [0.4, 0.5) is 0 Å². The van der Waals surface area contributed by atoms with Crippen molar-refractivity contribution in [3.63, 3.8) is 0 Å². The van der Waals surface area contributed by atoms with Crippen LogP contribution in [0.15, 0.2) is 18.3 Å². The predicted octanol–water partition coefficient (Wildman–Crippen LogP) is 3.43. The van der Waals surface area contributed by atoms with Gasteiger partial charge in [0, 0.05) is 12.7 Å². The van der Waals surface area contributed by atoms with E-state index in [-0.39, 0.29) is 0 Å². The Balaban J connectivity index is 1.75. The topological polar surface area (TPSA) is 34.1 Å². The quantitative estimate of drug-likeness (QED) is 0.798. The van der Waals surface area contributed by atoms with E-state index in [2.05, 4.69) is 29.4 Å². The summed E-state index contributed by atoms with van der Waals surface area (Å²) in [4.78, 5) is 4.47. The molecule has 1 aromatic rings. The second-order valence-electron chi connectivity index (χ2n) is 5.36. The molecule has 1 aliphatic rings. The smallest absolute Gasteiger partial charge is 0.0891 e. The maximum absolute atomic E-state index is 5.99. The zero-order valence-corrected chi connectivity index (χ0v) is 12.0. The largest absolute Gasteiger partial charge is 0.372 e. The molecule has 0 bridgehead atoms. The first kappa shape index (κ1) is 14.5. The third kappa shape index (κ3) is 5.29. The van der Waals surface area contributed by atoms with Gasteiger partial charge >= 0.3 is 0 Å². The fraction of sp³-hybridized carbons (Fsp3) is 0.688. The van der Waals surface area contributed by atoms with E-state index >= 15 is 0 Å². The van der Waals surface area contributed by atoms with Crippen LogP contribution in [0.2, 0.25) is 0 Å². The minimum Gasteiger partial charge on any atom is -0.372 e. The van der Waals surface area contributed by atoms with E-state index < -0.39 is 0 Å². The molecule has 3 heteroatoms. The minimum atomic E-state index is 0.450. The molecule has 1 fully saturated rings. The van der Waals surface area contributed by atoms with Crippen LogP contribution in [0.1, 0.15) is 56.7 Å². The lowest BCUT2D eigenvalue weighted by molar-refractivity contribution is 0.0292. The van der Waals surface area contributed by atoms with Gasteiger partial charge in [-0.3, -0.25) is 4.98 Å². The molecule has 0 amide bonds. The Morgan fingerprint density at radius 2 is 2.00 bits per heavy atom. The van der Waals surface area contributed by atoms with Gasteiger partial charge in [0.25, 0.3) is 0 Å². The predicted molar refractivity (Wildman–Crippen MR) is 77.9 cm³/mol. The van der Waals surface area contributed by atoms with Crippen molar-refractivity contribution in [3.8, 4) is 0 Å². The zero-order chi connectivity index (χ0) is 13.3. The first-order valence-electron chi connectivity index (χ1n) is 7.64. The fourth-order valence-electron chi connectivity index (χ4n) is 2.53. The highest BCUT2D eigenvalue weighted by Gasteiger charge is 2.12. The summed E-state index contributed by atoms with van der Waals surface area (Å²) in [6, 6.07) is 4.23. The molecule has 1 aromatic heterocycles. The van der Waals surface area contributed by atoms with E-state index in [1.54, 1.807) is 0 Å². The molecule has 19 heavy (non-hydrogen) atoms. The molecule has 1 heterocycles. The van der Waals surface area contributed by atoms with Crippen molar-refractivity contribution in [1.29, 1.82) is 0 Å². The second-order valence-corrected chi connectivity index (χ2v) is 5.36. The van der Waals surface area contributed by atoms with E-state index in [4.69, 9.17) is 4.74 Å². The first-order chi connectivity index (χ1) is 9.38. The average Bonchev–Trinajstić information content (AvgIpc) is 2.72.